The van der Waals surface area contributed by atoms with Gasteiger partial charge in [0.05, 0.1) is 12.9 Å². The molecule has 0 radical (unpaired) electrons. The number of rotatable bonds is 4. The average Bonchev–Trinajstić information content (AvgIpc) is 3.26. The van der Waals surface area contributed by atoms with Crippen LogP contribution in [0.15, 0.2) is 30.9 Å². The van der Waals surface area contributed by atoms with E-state index in [1.807, 2.05) is 0 Å². The van der Waals surface area contributed by atoms with Crippen LogP contribution in [0.2, 0.25) is 0 Å². The van der Waals surface area contributed by atoms with Crippen LogP contribution in [-0.4, -0.2) is 60.5 Å². The number of nitrogens with one attached hydrogen (secondary N) is 1. The molecule has 0 saturated carbocycles. The first-order valence-corrected chi connectivity index (χ1v) is 8.54. The van der Waals surface area contributed by atoms with Gasteiger partial charge in [0.15, 0.2) is 29.3 Å². The van der Waals surface area contributed by atoms with E-state index in [-0.39, 0.29) is 11.4 Å². The van der Waals surface area contributed by atoms with E-state index < -0.39 is 48.6 Å². The zero-order valence-corrected chi connectivity index (χ0v) is 14.7. The number of hydrogen-bond acceptors (Lipinski definition) is 8. The van der Waals surface area contributed by atoms with Crippen molar-refractivity contribution < 1.29 is 28.5 Å². The minimum atomic E-state index is -1.30. The summed E-state index contributed by atoms with van der Waals surface area (Å²) in [5, 5.41) is 22.5. The Labute approximate surface area is 162 Å². The SMILES string of the molecule is Nc1ncnc2c1ncn2[C@@H]1O[C@H](CO)[C@@H](O)[C@H]1NC(=O)c1ccc(F)c(F)c1. The number of fused-ring (bicyclic) bond motifs is 1. The summed E-state index contributed by atoms with van der Waals surface area (Å²) in [6, 6.07) is 1.62. The maximum Gasteiger partial charge on any atom is 0.251 e. The monoisotopic (exact) mass is 406 g/mol. The fourth-order valence-corrected chi connectivity index (χ4v) is 3.22. The number of anilines is 1. The molecular formula is C17H16F2N6O4. The van der Waals surface area contributed by atoms with Crippen LogP contribution < -0.4 is 11.1 Å². The standard InChI is InChI=1S/C17H16F2N6O4/c18-8-2-1-7(3-9(8)19)16(28)24-11-13(27)10(4-26)29-17(11)25-6-23-12-14(20)21-5-22-15(12)25/h1-3,5-6,10-11,13,17,26-27H,4H2,(H,24,28)(H2,20,21,22)/t10-,11-,13-,17-/m1/s1. The first-order chi connectivity index (χ1) is 13.9. The van der Waals surface area contributed by atoms with Crippen LogP contribution in [0.25, 0.3) is 11.2 Å². The highest BCUT2D eigenvalue weighted by molar-refractivity contribution is 5.94. The third kappa shape index (κ3) is 3.26. The van der Waals surface area contributed by atoms with Gasteiger partial charge in [0.2, 0.25) is 0 Å². The third-order valence-corrected chi connectivity index (χ3v) is 4.69. The maximum absolute atomic E-state index is 13.5. The summed E-state index contributed by atoms with van der Waals surface area (Å²) in [5.74, 6) is -2.91. The highest BCUT2D eigenvalue weighted by Gasteiger charge is 2.46. The molecule has 152 valence electrons. The Bertz CT molecular complexity index is 1080. The van der Waals surface area contributed by atoms with Gasteiger partial charge in [0.25, 0.3) is 5.91 Å². The number of nitrogen functional groups attached to an aromatic ring is 1. The molecule has 2 aromatic heterocycles. The fourth-order valence-electron chi connectivity index (χ4n) is 3.22. The molecule has 1 aliphatic heterocycles. The molecule has 0 spiro atoms. The summed E-state index contributed by atoms with van der Waals surface area (Å²) in [4.78, 5) is 24.6. The second-order valence-corrected chi connectivity index (χ2v) is 6.45. The molecule has 0 unspecified atom stereocenters. The minimum Gasteiger partial charge on any atom is -0.394 e. The van der Waals surface area contributed by atoms with Crippen molar-refractivity contribution in [3.05, 3.63) is 48.1 Å². The molecule has 10 nitrogen and oxygen atoms in total. The predicted molar refractivity (Wildman–Crippen MR) is 94.4 cm³/mol. The Morgan fingerprint density at radius 2 is 2.07 bits per heavy atom. The summed E-state index contributed by atoms with van der Waals surface area (Å²) in [7, 11) is 0. The summed E-state index contributed by atoms with van der Waals surface area (Å²) < 4.78 is 33.7. The predicted octanol–water partition coefficient (Wildman–Crippen LogP) is -0.264. The number of nitrogens with zero attached hydrogens (tertiary/aromatic N) is 4. The van der Waals surface area contributed by atoms with Crippen molar-refractivity contribution in [3.8, 4) is 0 Å². The van der Waals surface area contributed by atoms with E-state index in [1.54, 1.807) is 0 Å². The van der Waals surface area contributed by atoms with Gasteiger partial charge < -0.3 is 26.0 Å². The second-order valence-electron chi connectivity index (χ2n) is 6.45. The molecule has 4 rings (SSSR count). The smallest absolute Gasteiger partial charge is 0.251 e. The normalized spacial score (nSPS) is 24.1. The molecule has 1 saturated heterocycles. The van der Waals surface area contributed by atoms with Crippen LogP contribution in [0.3, 0.4) is 0 Å². The Balaban J connectivity index is 1.68. The lowest BCUT2D eigenvalue weighted by Crippen LogP contribution is -2.46. The molecule has 0 aliphatic carbocycles. The number of carbonyl (C=O) groups is 1. The molecule has 1 amide bonds. The molecule has 1 aromatic carbocycles. The molecule has 4 atom stereocenters. The number of nitrogens with two attached hydrogens (primary N) is 1. The molecule has 5 N–H and O–H groups in total. The number of hydrogen-bond donors (Lipinski definition) is 4. The fraction of sp³-hybridized carbons (Fsp3) is 0.294. The van der Waals surface area contributed by atoms with Gasteiger partial charge in [-0.25, -0.2) is 23.7 Å². The zero-order chi connectivity index (χ0) is 20.7. The van der Waals surface area contributed by atoms with Gasteiger partial charge in [-0.1, -0.05) is 0 Å². The molecule has 12 heteroatoms. The highest BCUT2D eigenvalue weighted by atomic mass is 19.2. The zero-order valence-electron chi connectivity index (χ0n) is 14.7. The highest BCUT2D eigenvalue weighted by Crippen LogP contribution is 2.32. The average molecular weight is 406 g/mol. The minimum absolute atomic E-state index is 0.133. The number of aliphatic hydroxyl groups excluding tert-OH is 2. The second kappa shape index (κ2) is 7.31. The largest absolute Gasteiger partial charge is 0.394 e. The lowest BCUT2D eigenvalue weighted by molar-refractivity contribution is -0.0440. The Kier molecular flexibility index (Phi) is 4.82. The van der Waals surface area contributed by atoms with Crippen LogP contribution in [0.5, 0.6) is 0 Å². The van der Waals surface area contributed by atoms with Crippen molar-refractivity contribution in [2.24, 2.45) is 0 Å². The van der Waals surface area contributed by atoms with E-state index in [9.17, 15) is 23.8 Å². The third-order valence-electron chi connectivity index (χ3n) is 4.69. The van der Waals surface area contributed by atoms with Crippen molar-refractivity contribution in [1.29, 1.82) is 0 Å². The van der Waals surface area contributed by atoms with E-state index in [2.05, 4.69) is 20.3 Å². The summed E-state index contributed by atoms with van der Waals surface area (Å²) >= 11 is 0. The van der Waals surface area contributed by atoms with Crippen LogP contribution >= 0.6 is 0 Å². The molecule has 0 bridgehead atoms. The Morgan fingerprint density at radius 3 is 2.79 bits per heavy atom. The van der Waals surface area contributed by atoms with Gasteiger partial charge in [-0.3, -0.25) is 9.36 Å². The number of benzene rings is 1. The number of aromatic nitrogens is 4. The van der Waals surface area contributed by atoms with E-state index >= 15 is 0 Å². The number of ether oxygens (including phenoxy) is 1. The maximum atomic E-state index is 13.5. The summed E-state index contributed by atoms with van der Waals surface area (Å²) in [6.45, 7) is -0.515. The Hall–Kier alpha value is -3.22. The van der Waals surface area contributed by atoms with Crippen molar-refractivity contribution in [2.75, 3.05) is 12.3 Å². The molecule has 1 aliphatic rings. The lowest BCUT2D eigenvalue weighted by Gasteiger charge is -2.23. The van der Waals surface area contributed by atoms with Crippen molar-refractivity contribution in [2.45, 2.75) is 24.5 Å². The lowest BCUT2D eigenvalue weighted by atomic mass is 10.1. The first kappa shape index (κ1) is 19.1. The molecule has 1 fully saturated rings. The molecule has 3 heterocycles. The van der Waals surface area contributed by atoms with Gasteiger partial charge in [-0.05, 0) is 18.2 Å². The van der Waals surface area contributed by atoms with Crippen LogP contribution in [0, 0.1) is 11.6 Å². The van der Waals surface area contributed by atoms with Crippen molar-refractivity contribution in [1.82, 2.24) is 24.8 Å². The van der Waals surface area contributed by atoms with Crippen molar-refractivity contribution >= 4 is 22.9 Å². The summed E-state index contributed by atoms with van der Waals surface area (Å²) in [5.41, 5.74) is 6.21. The van der Waals surface area contributed by atoms with Gasteiger partial charge in [0, 0.05) is 5.56 Å². The van der Waals surface area contributed by atoms with Crippen molar-refractivity contribution in [3.63, 3.8) is 0 Å². The molecule has 29 heavy (non-hydrogen) atoms. The molecular weight excluding hydrogens is 390 g/mol. The van der Waals surface area contributed by atoms with E-state index in [0.29, 0.717) is 11.2 Å². The summed E-state index contributed by atoms with van der Waals surface area (Å²) in [6.07, 6.45) is -0.734. The number of aliphatic hydroxyl groups is 2. The van der Waals surface area contributed by atoms with Gasteiger partial charge in [-0.2, -0.15) is 0 Å². The van der Waals surface area contributed by atoms with E-state index in [4.69, 9.17) is 10.5 Å². The van der Waals surface area contributed by atoms with Crippen LogP contribution in [-0.2, 0) is 4.74 Å². The van der Waals surface area contributed by atoms with Crippen LogP contribution in [0.4, 0.5) is 14.6 Å². The molecule has 3 aromatic rings. The Morgan fingerprint density at radius 1 is 1.28 bits per heavy atom. The van der Waals surface area contributed by atoms with E-state index in [0.717, 1.165) is 18.2 Å². The number of halogens is 2. The number of imidazole rings is 1. The quantitative estimate of drug-likeness (QED) is 0.463. The number of amides is 1. The van der Waals surface area contributed by atoms with E-state index in [1.165, 1.54) is 17.2 Å². The van der Waals surface area contributed by atoms with Gasteiger partial charge >= 0.3 is 0 Å². The van der Waals surface area contributed by atoms with Crippen LogP contribution in [0.1, 0.15) is 16.6 Å². The van der Waals surface area contributed by atoms with Gasteiger partial charge in [0.1, 0.15) is 30.1 Å². The topological polar surface area (TPSA) is 148 Å². The first-order valence-electron chi connectivity index (χ1n) is 8.54. The van der Waals surface area contributed by atoms with Gasteiger partial charge in [-0.15, -0.1) is 0 Å². The number of carbonyl (C=O) groups excluding carboxylic acids is 1.